The van der Waals surface area contributed by atoms with E-state index in [2.05, 4.69) is 6.92 Å². The molecule has 1 aliphatic heterocycles. The summed E-state index contributed by atoms with van der Waals surface area (Å²) in [5.41, 5.74) is 7.65. The number of nitrogens with two attached hydrogens (primary N) is 1. The van der Waals surface area contributed by atoms with Gasteiger partial charge in [-0.2, -0.15) is 0 Å². The third kappa shape index (κ3) is 5.26. The Morgan fingerprint density at radius 3 is 2.08 bits per heavy atom. The molecule has 0 bridgehead atoms. The van der Waals surface area contributed by atoms with Gasteiger partial charge in [-0.1, -0.05) is 65.3 Å². The number of ether oxygens (including phenoxy) is 2. The maximum Gasteiger partial charge on any atom is 0.299 e. The van der Waals surface area contributed by atoms with E-state index >= 15 is 0 Å². The molecule has 0 aromatic heterocycles. The molecule has 1 heterocycles. The van der Waals surface area contributed by atoms with Gasteiger partial charge in [0.25, 0.3) is 5.97 Å². The highest BCUT2D eigenvalue weighted by atomic mass is 16.8. The fraction of sp³-hybridized carbons (Fsp3) is 0.684. The first-order valence-electron chi connectivity index (χ1n) is 8.80. The predicted octanol–water partition coefficient (Wildman–Crippen LogP) is 2.75. The summed E-state index contributed by atoms with van der Waals surface area (Å²) in [7, 11) is 0. The van der Waals surface area contributed by atoms with E-state index in [0.29, 0.717) is 18.8 Å². The minimum absolute atomic E-state index is 0.182. The molecule has 4 N–H and O–H groups in total. The minimum atomic E-state index is -1.96. The summed E-state index contributed by atoms with van der Waals surface area (Å²) in [5.74, 6) is -1.96. The molecule has 2 rings (SSSR count). The molecule has 24 heavy (non-hydrogen) atoms. The van der Waals surface area contributed by atoms with Crippen LogP contribution in [0.3, 0.4) is 0 Å². The maximum atomic E-state index is 10.4. The molecule has 1 aliphatic rings. The third-order valence-electron chi connectivity index (χ3n) is 3.96. The van der Waals surface area contributed by atoms with Gasteiger partial charge in [0.2, 0.25) is 0 Å². The molecule has 0 aliphatic carbocycles. The lowest BCUT2D eigenvalue weighted by molar-refractivity contribution is -0.414. The van der Waals surface area contributed by atoms with Gasteiger partial charge in [-0.3, -0.25) is 0 Å². The van der Waals surface area contributed by atoms with E-state index in [9.17, 15) is 10.2 Å². The van der Waals surface area contributed by atoms with Crippen LogP contribution in [0.2, 0.25) is 0 Å². The first-order chi connectivity index (χ1) is 11.3. The van der Waals surface area contributed by atoms with Crippen molar-refractivity contribution in [1.29, 1.82) is 0 Å². The van der Waals surface area contributed by atoms with Crippen molar-refractivity contribution in [3.8, 4) is 0 Å². The monoisotopic (exact) mass is 339 g/mol. The molecule has 1 aromatic rings. The average molecular weight is 339 g/mol. The highest BCUT2D eigenvalue weighted by Crippen LogP contribution is 2.33. The van der Waals surface area contributed by atoms with Crippen molar-refractivity contribution in [2.24, 2.45) is 11.1 Å². The Morgan fingerprint density at radius 2 is 1.62 bits per heavy atom. The van der Waals surface area contributed by atoms with Crippen molar-refractivity contribution in [3.05, 3.63) is 35.4 Å². The summed E-state index contributed by atoms with van der Waals surface area (Å²) in [4.78, 5) is 0. The number of hydrogen-bond acceptors (Lipinski definition) is 5. The molecule has 0 saturated carbocycles. The predicted molar refractivity (Wildman–Crippen MR) is 95.4 cm³/mol. The van der Waals surface area contributed by atoms with Gasteiger partial charge in [0, 0.05) is 5.41 Å². The summed E-state index contributed by atoms with van der Waals surface area (Å²) in [6, 6.07) is 6.49. The summed E-state index contributed by atoms with van der Waals surface area (Å²) in [5, 5.41) is 20.8. The molecule has 0 spiro atoms. The molecule has 1 aromatic carbocycles. The normalized spacial score (nSPS) is 21.3. The minimum Gasteiger partial charge on any atom is -0.386 e. The second-order valence-corrected chi connectivity index (χ2v) is 6.83. The number of benzene rings is 1. The molecule has 5 nitrogen and oxygen atoms in total. The van der Waals surface area contributed by atoms with Gasteiger partial charge in [0.05, 0.1) is 13.2 Å². The van der Waals surface area contributed by atoms with Crippen LogP contribution in [0.4, 0.5) is 0 Å². The van der Waals surface area contributed by atoms with E-state index in [1.54, 1.807) is 0 Å². The van der Waals surface area contributed by atoms with E-state index in [1.807, 2.05) is 52.0 Å². The van der Waals surface area contributed by atoms with E-state index in [-0.39, 0.29) is 5.41 Å². The molecule has 0 amide bonds. The van der Waals surface area contributed by atoms with Crippen LogP contribution in [0.15, 0.2) is 24.3 Å². The Balaban J connectivity index is 0.00000139. The van der Waals surface area contributed by atoms with Crippen molar-refractivity contribution in [2.75, 3.05) is 13.2 Å². The zero-order valence-corrected chi connectivity index (χ0v) is 15.6. The fourth-order valence-corrected chi connectivity index (χ4v) is 2.45. The molecule has 138 valence electrons. The van der Waals surface area contributed by atoms with Gasteiger partial charge < -0.3 is 25.4 Å². The van der Waals surface area contributed by atoms with Crippen LogP contribution in [0.25, 0.3) is 0 Å². The summed E-state index contributed by atoms with van der Waals surface area (Å²) >= 11 is 0. The zero-order chi connectivity index (χ0) is 18.4. The van der Waals surface area contributed by atoms with Gasteiger partial charge in [0.15, 0.2) is 0 Å². The smallest absolute Gasteiger partial charge is 0.299 e. The van der Waals surface area contributed by atoms with Gasteiger partial charge in [-0.15, -0.1) is 0 Å². The topological polar surface area (TPSA) is 84.9 Å². The largest absolute Gasteiger partial charge is 0.386 e. The van der Waals surface area contributed by atoms with E-state index < -0.39 is 18.1 Å². The van der Waals surface area contributed by atoms with Crippen molar-refractivity contribution in [2.45, 2.75) is 65.6 Å². The molecule has 2 atom stereocenters. The Morgan fingerprint density at radius 1 is 1.12 bits per heavy atom. The molecule has 0 radical (unpaired) electrons. The van der Waals surface area contributed by atoms with Crippen LogP contribution in [0, 0.1) is 5.41 Å². The molecule has 1 saturated heterocycles. The number of rotatable bonds is 5. The lowest BCUT2D eigenvalue weighted by Crippen LogP contribution is -2.59. The highest BCUT2D eigenvalue weighted by Gasteiger charge is 2.47. The fourth-order valence-electron chi connectivity index (χ4n) is 2.45. The van der Waals surface area contributed by atoms with Crippen LogP contribution in [0.5, 0.6) is 0 Å². The Hall–Kier alpha value is -0.980. The Kier molecular flexibility index (Phi) is 7.83. The van der Waals surface area contributed by atoms with Gasteiger partial charge >= 0.3 is 0 Å². The van der Waals surface area contributed by atoms with Crippen molar-refractivity contribution in [3.63, 3.8) is 0 Å². The lowest BCUT2D eigenvalue weighted by Gasteiger charge is -2.43. The first-order valence-corrected chi connectivity index (χ1v) is 8.80. The summed E-state index contributed by atoms with van der Waals surface area (Å²) < 4.78 is 10.8. The standard InChI is InChI=1S/C17H27NO4.C2H6/c1-4-5-12-6-8-13(9-7-12)14(19)15(18)17(20)21-10-16(2,3)11-22-17;1-2/h6-9,14-15,19-20H,4-5,10-11,18H2,1-3H3;1-2H3. The molecule has 2 unspecified atom stereocenters. The number of aliphatic hydroxyl groups is 2. The number of hydrogen-bond donors (Lipinski definition) is 3. The quantitative estimate of drug-likeness (QED) is 0.768. The van der Waals surface area contributed by atoms with Crippen molar-refractivity contribution in [1.82, 2.24) is 0 Å². The summed E-state index contributed by atoms with van der Waals surface area (Å²) in [6.45, 7) is 10.7. The Bertz CT molecular complexity index is 477. The average Bonchev–Trinajstić information content (AvgIpc) is 2.59. The molecular formula is C19H33NO4. The maximum absolute atomic E-state index is 10.4. The highest BCUT2D eigenvalue weighted by molar-refractivity contribution is 5.25. The van der Waals surface area contributed by atoms with E-state index in [4.69, 9.17) is 15.2 Å². The van der Waals surface area contributed by atoms with Crippen molar-refractivity contribution >= 4 is 0 Å². The van der Waals surface area contributed by atoms with Crippen LogP contribution in [-0.2, 0) is 15.9 Å². The second-order valence-electron chi connectivity index (χ2n) is 6.83. The van der Waals surface area contributed by atoms with Crippen LogP contribution in [-0.4, -0.2) is 35.4 Å². The third-order valence-corrected chi connectivity index (χ3v) is 3.96. The van der Waals surface area contributed by atoms with Crippen LogP contribution >= 0.6 is 0 Å². The van der Waals surface area contributed by atoms with Crippen molar-refractivity contribution < 1.29 is 19.7 Å². The molecule has 5 heteroatoms. The Labute approximate surface area is 145 Å². The zero-order valence-electron chi connectivity index (χ0n) is 15.6. The second kappa shape index (κ2) is 8.92. The van der Waals surface area contributed by atoms with Gasteiger partial charge in [0.1, 0.15) is 12.1 Å². The summed E-state index contributed by atoms with van der Waals surface area (Å²) in [6.07, 6.45) is 0.994. The van der Waals surface area contributed by atoms with Crippen LogP contribution < -0.4 is 5.73 Å². The number of aliphatic hydroxyl groups excluding tert-OH is 1. The SMILES string of the molecule is CC.CCCc1ccc(C(O)C(N)C2(O)OCC(C)(C)CO2)cc1. The number of aryl methyl sites for hydroxylation is 1. The van der Waals surface area contributed by atoms with Crippen LogP contribution in [0.1, 0.15) is 58.3 Å². The molecular weight excluding hydrogens is 306 g/mol. The molecule has 1 fully saturated rings. The van der Waals surface area contributed by atoms with E-state index in [1.165, 1.54) is 5.56 Å². The van der Waals surface area contributed by atoms with E-state index in [0.717, 1.165) is 12.8 Å². The lowest BCUT2D eigenvalue weighted by atomic mass is 9.94. The van der Waals surface area contributed by atoms with Gasteiger partial charge in [-0.25, -0.2) is 0 Å². The first kappa shape index (κ1) is 21.1. The van der Waals surface area contributed by atoms with Gasteiger partial charge in [-0.05, 0) is 17.5 Å².